The van der Waals surface area contributed by atoms with Gasteiger partial charge in [-0.2, -0.15) is 0 Å². The maximum absolute atomic E-state index is 12.1. The molecule has 140 valence electrons. The van der Waals surface area contributed by atoms with Crippen LogP contribution in [0.5, 0.6) is 0 Å². The fraction of sp³-hybridized carbons (Fsp3) is 0.632. The topological polar surface area (TPSA) is 75.3 Å². The van der Waals surface area contributed by atoms with E-state index < -0.39 is 10.0 Å². The van der Waals surface area contributed by atoms with Crippen molar-refractivity contribution >= 4 is 21.6 Å². The predicted molar refractivity (Wildman–Crippen MR) is 101 cm³/mol. The number of sulfonamides is 1. The Kier molecular flexibility index (Phi) is 7.44. The summed E-state index contributed by atoms with van der Waals surface area (Å²) in [5, 5.41) is 2.84. The number of carbonyl (C=O) groups is 1. The average Bonchev–Trinajstić information content (AvgIpc) is 2.55. The fourth-order valence-electron chi connectivity index (χ4n) is 3.35. The molecule has 1 amide bonds. The van der Waals surface area contributed by atoms with Crippen LogP contribution in [0.3, 0.4) is 0 Å². The van der Waals surface area contributed by atoms with Crippen LogP contribution in [0.25, 0.3) is 0 Å². The second-order valence-electron chi connectivity index (χ2n) is 7.24. The van der Waals surface area contributed by atoms with Gasteiger partial charge in [-0.15, -0.1) is 0 Å². The molecule has 1 fully saturated rings. The molecule has 0 aromatic heterocycles. The maximum atomic E-state index is 12.1. The number of amides is 1. The van der Waals surface area contributed by atoms with Crippen molar-refractivity contribution in [2.45, 2.75) is 76.2 Å². The molecule has 0 bridgehead atoms. The van der Waals surface area contributed by atoms with Gasteiger partial charge in [-0.05, 0) is 56.9 Å². The normalized spacial score (nSPS) is 16.1. The van der Waals surface area contributed by atoms with E-state index in [9.17, 15) is 13.2 Å². The molecule has 0 unspecified atom stereocenters. The molecule has 0 spiro atoms. The van der Waals surface area contributed by atoms with Gasteiger partial charge in [0.2, 0.25) is 15.9 Å². The lowest BCUT2D eigenvalue weighted by molar-refractivity contribution is -0.116. The number of rotatable bonds is 8. The third-order valence-electron chi connectivity index (χ3n) is 4.58. The monoisotopic (exact) mass is 366 g/mol. The van der Waals surface area contributed by atoms with Crippen molar-refractivity contribution in [1.82, 2.24) is 4.72 Å². The van der Waals surface area contributed by atoms with Crippen molar-refractivity contribution in [3.63, 3.8) is 0 Å². The molecule has 0 radical (unpaired) electrons. The molecule has 5 nitrogen and oxygen atoms in total. The van der Waals surface area contributed by atoms with Crippen molar-refractivity contribution in [1.29, 1.82) is 0 Å². The Balaban J connectivity index is 1.79. The van der Waals surface area contributed by atoms with Crippen molar-refractivity contribution in [2.24, 2.45) is 5.92 Å². The Morgan fingerprint density at radius 2 is 1.76 bits per heavy atom. The third-order valence-corrected chi connectivity index (χ3v) is 6.25. The zero-order valence-electron chi connectivity index (χ0n) is 15.3. The predicted octanol–water partition coefficient (Wildman–Crippen LogP) is 4.06. The first-order chi connectivity index (χ1) is 11.9. The second kappa shape index (κ2) is 9.34. The Morgan fingerprint density at radius 1 is 1.12 bits per heavy atom. The lowest BCUT2D eigenvalue weighted by atomic mass is 9.86. The highest BCUT2D eigenvalue weighted by Gasteiger charge is 2.16. The third kappa shape index (κ3) is 6.78. The summed E-state index contributed by atoms with van der Waals surface area (Å²) in [5.74, 6) is 0.784. The SMILES string of the molecule is CC(C)NS(=O)(=O)c1ccc(NC(=O)CCCC2CCCCC2)cc1. The lowest BCUT2D eigenvalue weighted by Gasteiger charge is -2.21. The van der Waals surface area contributed by atoms with E-state index in [0.717, 1.165) is 18.8 Å². The minimum absolute atomic E-state index is 0.00766. The smallest absolute Gasteiger partial charge is 0.240 e. The van der Waals surface area contributed by atoms with E-state index in [0.29, 0.717) is 12.1 Å². The highest BCUT2D eigenvalue weighted by molar-refractivity contribution is 7.89. The van der Waals surface area contributed by atoms with E-state index >= 15 is 0 Å². The molecule has 0 saturated heterocycles. The van der Waals surface area contributed by atoms with Gasteiger partial charge in [0.05, 0.1) is 4.90 Å². The molecule has 6 heteroatoms. The van der Waals surface area contributed by atoms with E-state index in [1.807, 2.05) is 0 Å². The molecule has 2 N–H and O–H groups in total. The van der Waals surface area contributed by atoms with Crippen LogP contribution in [0.15, 0.2) is 29.2 Å². The van der Waals surface area contributed by atoms with Gasteiger partial charge in [-0.3, -0.25) is 4.79 Å². The van der Waals surface area contributed by atoms with Gasteiger partial charge in [0.1, 0.15) is 0 Å². The molecule has 25 heavy (non-hydrogen) atoms. The highest BCUT2D eigenvalue weighted by atomic mass is 32.2. The van der Waals surface area contributed by atoms with Gasteiger partial charge < -0.3 is 5.32 Å². The summed E-state index contributed by atoms with van der Waals surface area (Å²) in [4.78, 5) is 12.2. The molecule has 0 aliphatic heterocycles. The summed E-state index contributed by atoms with van der Waals surface area (Å²) in [6.07, 6.45) is 9.20. The number of benzene rings is 1. The zero-order valence-corrected chi connectivity index (χ0v) is 16.1. The van der Waals surface area contributed by atoms with Gasteiger partial charge in [-0.1, -0.05) is 32.1 Å². The van der Waals surface area contributed by atoms with Crippen molar-refractivity contribution in [3.05, 3.63) is 24.3 Å². The summed E-state index contributed by atoms with van der Waals surface area (Å²) in [5.41, 5.74) is 0.631. The van der Waals surface area contributed by atoms with Crippen LogP contribution < -0.4 is 10.0 Å². The minimum atomic E-state index is -3.49. The van der Waals surface area contributed by atoms with Crippen molar-refractivity contribution < 1.29 is 13.2 Å². The van der Waals surface area contributed by atoms with Crippen LogP contribution in [0.4, 0.5) is 5.69 Å². The lowest BCUT2D eigenvalue weighted by Crippen LogP contribution is -2.30. The van der Waals surface area contributed by atoms with Gasteiger partial charge >= 0.3 is 0 Å². The van der Waals surface area contributed by atoms with E-state index in [1.54, 1.807) is 26.0 Å². The molecule has 1 aliphatic carbocycles. The Labute approximate surface area is 151 Å². The van der Waals surface area contributed by atoms with Gasteiger partial charge in [0, 0.05) is 18.2 Å². The Hall–Kier alpha value is -1.40. The van der Waals surface area contributed by atoms with E-state index in [1.165, 1.54) is 44.2 Å². The summed E-state index contributed by atoms with van der Waals surface area (Å²) in [6.45, 7) is 3.55. The zero-order chi connectivity index (χ0) is 18.3. The molecule has 1 saturated carbocycles. The van der Waals surface area contributed by atoms with Crippen molar-refractivity contribution in [2.75, 3.05) is 5.32 Å². The number of anilines is 1. The number of hydrogen-bond donors (Lipinski definition) is 2. The van der Waals surface area contributed by atoms with E-state index in [-0.39, 0.29) is 16.8 Å². The summed E-state index contributed by atoms with van der Waals surface area (Å²) in [7, 11) is -3.49. The van der Waals surface area contributed by atoms with E-state index in [4.69, 9.17) is 0 Å². The summed E-state index contributed by atoms with van der Waals surface area (Å²) < 4.78 is 26.7. The summed E-state index contributed by atoms with van der Waals surface area (Å²) >= 11 is 0. The molecule has 0 heterocycles. The molecular formula is C19H30N2O3S. The van der Waals surface area contributed by atoms with Crippen LogP contribution in [0.2, 0.25) is 0 Å². The number of hydrogen-bond acceptors (Lipinski definition) is 3. The highest BCUT2D eigenvalue weighted by Crippen LogP contribution is 2.27. The molecule has 0 atom stereocenters. The van der Waals surface area contributed by atoms with Crippen molar-refractivity contribution in [3.8, 4) is 0 Å². The first-order valence-corrected chi connectivity index (χ1v) is 10.8. The van der Waals surface area contributed by atoms with Crippen LogP contribution in [-0.4, -0.2) is 20.4 Å². The first-order valence-electron chi connectivity index (χ1n) is 9.29. The molecule has 1 aromatic carbocycles. The van der Waals surface area contributed by atoms with Crippen LogP contribution in [0, 0.1) is 5.92 Å². The van der Waals surface area contributed by atoms with Crippen LogP contribution in [0.1, 0.15) is 65.2 Å². The standard InChI is InChI=1S/C19H30N2O3S/c1-15(2)21-25(23,24)18-13-11-17(12-14-18)20-19(22)10-6-9-16-7-4-3-5-8-16/h11-16,21H,3-10H2,1-2H3,(H,20,22). The van der Waals surface area contributed by atoms with Crippen LogP contribution in [-0.2, 0) is 14.8 Å². The largest absolute Gasteiger partial charge is 0.326 e. The van der Waals surface area contributed by atoms with Gasteiger partial charge in [0.15, 0.2) is 0 Å². The summed E-state index contributed by atoms with van der Waals surface area (Å²) in [6, 6.07) is 6.14. The molecule has 2 rings (SSSR count). The minimum Gasteiger partial charge on any atom is -0.326 e. The molecular weight excluding hydrogens is 336 g/mol. The maximum Gasteiger partial charge on any atom is 0.240 e. The quantitative estimate of drug-likeness (QED) is 0.728. The first kappa shape index (κ1) is 19.9. The second-order valence-corrected chi connectivity index (χ2v) is 8.96. The average molecular weight is 367 g/mol. The van der Waals surface area contributed by atoms with E-state index in [2.05, 4.69) is 10.0 Å². The van der Waals surface area contributed by atoms with Crippen LogP contribution >= 0.6 is 0 Å². The van der Waals surface area contributed by atoms with Gasteiger partial charge in [0.25, 0.3) is 0 Å². The Morgan fingerprint density at radius 3 is 2.36 bits per heavy atom. The Bertz CT molecular complexity index is 648. The number of carbonyl (C=O) groups excluding carboxylic acids is 1. The van der Waals surface area contributed by atoms with Gasteiger partial charge in [-0.25, -0.2) is 13.1 Å². The number of nitrogens with one attached hydrogen (secondary N) is 2. The molecule has 1 aromatic rings. The molecule has 1 aliphatic rings. The fourth-order valence-corrected chi connectivity index (χ4v) is 4.60.